The van der Waals surface area contributed by atoms with Gasteiger partial charge >= 0.3 is 0 Å². The fourth-order valence-electron chi connectivity index (χ4n) is 0.962. The Hall–Kier alpha value is -0.650. The molecule has 0 unspecified atom stereocenters. The maximum Gasteiger partial charge on any atom is 0.142 e. The molecule has 2 nitrogen and oxygen atoms in total. The van der Waals surface area contributed by atoms with Crippen molar-refractivity contribution in [3.63, 3.8) is 0 Å². The number of halogens is 2. The Labute approximate surface area is 79.0 Å². The molecule has 0 amide bonds. The van der Waals surface area contributed by atoms with Crippen molar-refractivity contribution in [3.8, 4) is 0 Å². The van der Waals surface area contributed by atoms with E-state index in [0.29, 0.717) is 0 Å². The Morgan fingerprint density at radius 1 is 1.46 bits per heavy atom. The third-order valence-corrected chi connectivity index (χ3v) is 2.27. The molecular formula is C8H9F2NOS. The normalized spacial score (nSPS) is 10.5. The molecule has 0 bridgehead atoms. The van der Waals surface area contributed by atoms with E-state index >= 15 is 0 Å². The quantitative estimate of drug-likeness (QED) is 0.606. The van der Waals surface area contributed by atoms with Gasteiger partial charge in [-0.2, -0.15) is 0 Å². The molecule has 0 aliphatic carbocycles. The van der Waals surface area contributed by atoms with Crippen molar-refractivity contribution < 1.29 is 13.6 Å². The molecule has 0 spiro atoms. The predicted octanol–water partition coefficient (Wildman–Crippen LogP) is 2.08. The van der Waals surface area contributed by atoms with Gasteiger partial charge in [0.25, 0.3) is 0 Å². The molecule has 0 aromatic heterocycles. The van der Waals surface area contributed by atoms with Crippen LogP contribution in [0.2, 0.25) is 0 Å². The molecule has 0 aliphatic heterocycles. The van der Waals surface area contributed by atoms with Crippen molar-refractivity contribution in [2.75, 3.05) is 6.26 Å². The third kappa shape index (κ3) is 2.40. The van der Waals surface area contributed by atoms with Gasteiger partial charge in [-0.15, -0.1) is 11.8 Å². The van der Waals surface area contributed by atoms with E-state index in [9.17, 15) is 8.78 Å². The first-order chi connectivity index (χ1) is 6.19. The second kappa shape index (κ2) is 4.55. The number of nitrogens with two attached hydrogens (primary N) is 1. The van der Waals surface area contributed by atoms with Crippen LogP contribution in [0.5, 0.6) is 0 Å². The molecule has 0 radical (unpaired) electrons. The van der Waals surface area contributed by atoms with E-state index < -0.39 is 11.6 Å². The summed E-state index contributed by atoms with van der Waals surface area (Å²) in [5.74, 6) is 3.81. The topological polar surface area (TPSA) is 35.2 Å². The highest BCUT2D eigenvalue weighted by molar-refractivity contribution is 7.98. The van der Waals surface area contributed by atoms with Crippen molar-refractivity contribution in [1.82, 2.24) is 0 Å². The lowest BCUT2D eigenvalue weighted by Gasteiger charge is -2.05. The predicted molar refractivity (Wildman–Crippen MR) is 47.1 cm³/mol. The first-order valence-electron chi connectivity index (χ1n) is 3.52. The summed E-state index contributed by atoms with van der Waals surface area (Å²) < 4.78 is 26.2. The van der Waals surface area contributed by atoms with Crippen LogP contribution in [-0.2, 0) is 11.4 Å². The Morgan fingerprint density at radius 2 is 2.15 bits per heavy atom. The second-order valence-corrected chi connectivity index (χ2v) is 3.24. The zero-order valence-corrected chi connectivity index (χ0v) is 7.83. The minimum atomic E-state index is -0.488. The van der Waals surface area contributed by atoms with Crippen LogP contribution < -0.4 is 5.90 Å². The fraction of sp³-hybridized carbons (Fsp3) is 0.250. The van der Waals surface area contributed by atoms with Gasteiger partial charge in [0, 0.05) is 10.5 Å². The van der Waals surface area contributed by atoms with Gasteiger partial charge in [-0.1, -0.05) is 0 Å². The lowest BCUT2D eigenvalue weighted by Crippen LogP contribution is -2.02. The zero-order chi connectivity index (χ0) is 9.84. The molecule has 1 aromatic carbocycles. The molecule has 1 aromatic rings. The summed E-state index contributed by atoms with van der Waals surface area (Å²) >= 11 is 1.14. The number of thioether (sulfide) groups is 1. The van der Waals surface area contributed by atoms with Crippen LogP contribution in [0.4, 0.5) is 8.78 Å². The van der Waals surface area contributed by atoms with E-state index in [1.807, 2.05) is 0 Å². The van der Waals surface area contributed by atoms with Crippen LogP contribution in [0.25, 0.3) is 0 Å². The van der Waals surface area contributed by atoms with Crippen LogP contribution >= 0.6 is 11.8 Å². The highest BCUT2D eigenvalue weighted by Crippen LogP contribution is 2.23. The summed E-state index contributed by atoms with van der Waals surface area (Å²) in [6.45, 7) is -0.128. The standard InChI is InChI=1S/C8H9F2NOS/c1-13-7-3-6(9)2-5(4-12-11)8(7)10/h2-3H,4,11H2,1H3. The Morgan fingerprint density at radius 3 is 2.69 bits per heavy atom. The summed E-state index contributed by atoms with van der Waals surface area (Å²) in [5, 5.41) is 0. The van der Waals surface area contributed by atoms with E-state index in [1.165, 1.54) is 0 Å². The summed E-state index contributed by atoms with van der Waals surface area (Å²) in [5.41, 5.74) is 0.131. The molecule has 0 saturated heterocycles. The van der Waals surface area contributed by atoms with Crippen molar-refractivity contribution in [1.29, 1.82) is 0 Å². The highest BCUT2D eigenvalue weighted by atomic mass is 32.2. The molecule has 2 N–H and O–H groups in total. The van der Waals surface area contributed by atoms with Crippen molar-refractivity contribution in [2.45, 2.75) is 11.5 Å². The van der Waals surface area contributed by atoms with Gasteiger partial charge in [0.05, 0.1) is 6.61 Å². The van der Waals surface area contributed by atoms with Crippen LogP contribution in [-0.4, -0.2) is 6.26 Å². The maximum atomic E-state index is 13.3. The molecule has 0 heterocycles. The summed E-state index contributed by atoms with van der Waals surface area (Å²) in [6, 6.07) is 2.21. The SMILES string of the molecule is CSc1cc(F)cc(CON)c1F. The zero-order valence-electron chi connectivity index (χ0n) is 7.01. The molecule has 1 rings (SSSR count). The van der Waals surface area contributed by atoms with Crippen molar-refractivity contribution in [2.24, 2.45) is 5.90 Å². The van der Waals surface area contributed by atoms with Gasteiger partial charge in [-0.05, 0) is 18.4 Å². The lowest BCUT2D eigenvalue weighted by atomic mass is 10.2. The van der Waals surface area contributed by atoms with Gasteiger partial charge in [-0.3, -0.25) is 4.84 Å². The van der Waals surface area contributed by atoms with E-state index in [2.05, 4.69) is 4.84 Å². The van der Waals surface area contributed by atoms with Crippen molar-refractivity contribution in [3.05, 3.63) is 29.3 Å². The smallest absolute Gasteiger partial charge is 0.142 e. The summed E-state index contributed by atoms with van der Waals surface area (Å²) in [6.07, 6.45) is 1.67. The Balaban J connectivity index is 3.11. The maximum absolute atomic E-state index is 13.3. The van der Waals surface area contributed by atoms with Gasteiger partial charge in [0.1, 0.15) is 11.6 Å². The first-order valence-corrected chi connectivity index (χ1v) is 4.75. The number of hydrogen-bond donors (Lipinski definition) is 1. The van der Waals surface area contributed by atoms with E-state index in [1.54, 1.807) is 6.26 Å². The molecule has 0 fully saturated rings. The lowest BCUT2D eigenvalue weighted by molar-refractivity contribution is 0.121. The van der Waals surface area contributed by atoms with Crippen molar-refractivity contribution >= 4 is 11.8 Å². The molecule has 13 heavy (non-hydrogen) atoms. The minimum Gasteiger partial charge on any atom is -0.300 e. The van der Waals surface area contributed by atoms with Crippen LogP contribution in [0, 0.1) is 11.6 Å². The van der Waals surface area contributed by atoms with Gasteiger partial charge < -0.3 is 0 Å². The highest BCUT2D eigenvalue weighted by Gasteiger charge is 2.09. The van der Waals surface area contributed by atoms with E-state index in [0.717, 1.165) is 23.9 Å². The largest absolute Gasteiger partial charge is 0.300 e. The molecule has 72 valence electrons. The number of rotatable bonds is 3. The summed E-state index contributed by atoms with van der Waals surface area (Å²) in [4.78, 5) is 4.50. The van der Waals surface area contributed by atoms with E-state index in [-0.39, 0.29) is 17.1 Å². The van der Waals surface area contributed by atoms with E-state index in [4.69, 9.17) is 5.90 Å². The van der Waals surface area contributed by atoms with Crippen LogP contribution in [0.15, 0.2) is 17.0 Å². The average molecular weight is 205 g/mol. The molecule has 0 aliphatic rings. The fourth-order valence-corrected chi connectivity index (χ4v) is 1.50. The minimum absolute atomic E-state index is 0.128. The Kier molecular flexibility index (Phi) is 3.65. The number of benzene rings is 1. The van der Waals surface area contributed by atoms with Crippen LogP contribution in [0.3, 0.4) is 0 Å². The van der Waals surface area contributed by atoms with Crippen LogP contribution in [0.1, 0.15) is 5.56 Å². The third-order valence-electron chi connectivity index (χ3n) is 1.54. The monoisotopic (exact) mass is 205 g/mol. The molecule has 0 saturated carbocycles. The number of hydrogen-bond acceptors (Lipinski definition) is 3. The van der Waals surface area contributed by atoms with Gasteiger partial charge in [-0.25, -0.2) is 14.7 Å². The summed E-state index contributed by atoms with van der Waals surface area (Å²) in [7, 11) is 0. The second-order valence-electron chi connectivity index (χ2n) is 2.39. The Bertz CT molecular complexity index is 306. The molecule has 0 atom stereocenters. The molecule has 5 heteroatoms. The molecular weight excluding hydrogens is 196 g/mol. The van der Waals surface area contributed by atoms with Gasteiger partial charge in [0.15, 0.2) is 0 Å². The first kappa shape index (κ1) is 10.4. The average Bonchev–Trinajstić information content (AvgIpc) is 2.11. The van der Waals surface area contributed by atoms with Gasteiger partial charge in [0.2, 0.25) is 0 Å².